The van der Waals surface area contributed by atoms with Crippen LogP contribution >= 0.6 is 0 Å². The van der Waals surface area contributed by atoms with Crippen molar-refractivity contribution in [1.29, 1.82) is 0 Å². The predicted octanol–water partition coefficient (Wildman–Crippen LogP) is 2.15. The largest absolute Gasteiger partial charge is 0.465 e. The van der Waals surface area contributed by atoms with Gasteiger partial charge in [0.25, 0.3) is 0 Å². The van der Waals surface area contributed by atoms with Gasteiger partial charge in [0, 0.05) is 5.69 Å². The van der Waals surface area contributed by atoms with Crippen LogP contribution in [-0.4, -0.2) is 23.0 Å². The Bertz CT molecular complexity index is 799. The second-order valence-corrected chi connectivity index (χ2v) is 4.13. The summed E-state index contributed by atoms with van der Waals surface area (Å²) >= 11 is 0. The second kappa shape index (κ2) is 4.20. The van der Waals surface area contributed by atoms with Crippen LogP contribution in [0.1, 0.15) is 10.4 Å². The van der Waals surface area contributed by atoms with Crippen LogP contribution in [0, 0.1) is 0 Å². The van der Waals surface area contributed by atoms with Gasteiger partial charge in [-0.15, -0.1) is 0 Å². The number of anilines is 1. The Morgan fingerprint density at radius 1 is 1.05 bits per heavy atom. The molecule has 0 fully saturated rings. The lowest BCUT2D eigenvalue weighted by Gasteiger charge is -2.06. The highest BCUT2D eigenvalue weighted by molar-refractivity contribution is 6.00. The van der Waals surface area contributed by atoms with E-state index < -0.39 is 5.97 Å². The number of methoxy groups -OCH3 is 1. The molecular formula is C14H11N3O2. The summed E-state index contributed by atoms with van der Waals surface area (Å²) < 4.78 is 4.69. The van der Waals surface area contributed by atoms with Crippen molar-refractivity contribution in [3.63, 3.8) is 0 Å². The van der Waals surface area contributed by atoms with E-state index in [1.165, 1.54) is 7.11 Å². The molecule has 0 aliphatic rings. The highest BCUT2D eigenvalue weighted by Gasteiger charge is 2.12. The number of carbonyl (C=O) groups excluding carboxylic acids is 1. The third-order valence-corrected chi connectivity index (χ3v) is 2.92. The highest BCUT2D eigenvalue weighted by Crippen LogP contribution is 2.22. The van der Waals surface area contributed by atoms with Crippen LogP contribution in [0.3, 0.4) is 0 Å². The third kappa shape index (κ3) is 1.85. The van der Waals surface area contributed by atoms with Crippen molar-refractivity contribution in [2.45, 2.75) is 0 Å². The molecule has 0 aliphatic carbocycles. The number of nitrogens with zero attached hydrogens (tertiary/aromatic N) is 2. The highest BCUT2D eigenvalue weighted by atomic mass is 16.5. The minimum atomic E-state index is -0.477. The van der Waals surface area contributed by atoms with E-state index in [1.54, 1.807) is 12.1 Å². The zero-order chi connectivity index (χ0) is 13.4. The van der Waals surface area contributed by atoms with Gasteiger partial charge in [-0.2, -0.15) is 0 Å². The van der Waals surface area contributed by atoms with Gasteiger partial charge in [-0.05, 0) is 24.3 Å². The first-order valence-electron chi connectivity index (χ1n) is 5.73. The normalized spacial score (nSPS) is 10.8. The molecule has 5 heteroatoms. The Hall–Kier alpha value is -2.69. The number of hydrogen-bond donors (Lipinski definition) is 1. The molecule has 2 N–H and O–H groups in total. The number of nitrogen functional groups attached to an aromatic ring is 1. The number of nitrogens with two attached hydrogens (primary N) is 1. The van der Waals surface area contributed by atoms with Crippen molar-refractivity contribution >= 4 is 33.7 Å². The smallest absolute Gasteiger partial charge is 0.340 e. The van der Waals surface area contributed by atoms with E-state index in [9.17, 15) is 4.79 Å². The summed E-state index contributed by atoms with van der Waals surface area (Å²) in [6, 6.07) is 10.8. The first-order chi connectivity index (χ1) is 9.19. The Kier molecular flexibility index (Phi) is 2.52. The molecule has 0 unspecified atom stereocenters. The van der Waals surface area contributed by atoms with E-state index in [2.05, 4.69) is 14.7 Å². The minimum absolute atomic E-state index is 0.305. The number of aromatic nitrogens is 2. The Labute approximate surface area is 109 Å². The maximum atomic E-state index is 11.6. The van der Waals surface area contributed by atoms with Crippen LogP contribution in [0.4, 0.5) is 5.69 Å². The lowest BCUT2D eigenvalue weighted by molar-refractivity contribution is 0.0602. The number of benzene rings is 2. The van der Waals surface area contributed by atoms with Crippen LogP contribution in [0.15, 0.2) is 36.4 Å². The van der Waals surface area contributed by atoms with E-state index in [0.717, 1.165) is 11.0 Å². The predicted molar refractivity (Wildman–Crippen MR) is 72.8 cm³/mol. The summed E-state index contributed by atoms with van der Waals surface area (Å²) in [7, 11) is 1.32. The molecule has 0 bridgehead atoms. The lowest BCUT2D eigenvalue weighted by Crippen LogP contribution is -2.06. The molecule has 0 radical (unpaired) electrons. The summed E-state index contributed by atoms with van der Waals surface area (Å²) in [6.07, 6.45) is 0. The molecule has 3 rings (SSSR count). The average Bonchev–Trinajstić information content (AvgIpc) is 2.43. The number of esters is 1. The van der Waals surface area contributed by atoms with E-state index >= 15 is 0 Å². The number of rotatable bonds is 1. The van der Waals surface area contributed by atoms with Gasteiger partial charge in [-0.25, -0.2) is 14.8 Å². The van der Waals surface area contributed by atoms with E-state index in [4.69, 9.17) is 5.73 Å². The van der Waals surface area contributed by atoms with Crippen LogP contribution in [-0.2, 0) is 4.74 Å². The SMILES string of the molecule is COC(=O)c1cc2nc3ccccc3nc2cc1N. The van der Waals surface area contributed by atoms with Crippen LogP contribution in [0.5, 0.6) is 0 Å². The maximum Gasteiger partial charge on any atom is 0.340 e. The Morgan fingerprint density at radius 2 is 1.63 bits per heavy atom. The number of carbonyl (C=O) groups is 1. The van der Waals surface area contributed by atoms with Crippen molar-refractivity contribution in [2.75, 3.05) is 12.8 Å². The summed E-state index contributed by atoms with van der Waals surface area (Å²) in [6.45, 7) is 0. The summed E-state index contributed by atoms with van der Waals surface area (Å²) in [4.78, 5) is 20.5. The van der Waals surface area contributed by atoms with Crippen molar-refractivity contribution in [3.8, 4) is 0 Å². The molecule has 0 atom stereocenters. The number of ether oxygens (including phenoxy) is 1. The van der Waals surface area contributed by atoms with Gasteiger partial charge in [-0.3, -0.25) is 0 Å². The molecule has 0 amide bonds. The lowest BCUT2D eigenvalue weighted by atomic mass is 10.1. The third-order valence-electron chi connectivity index (χ3n) is 2.92. The van der Waals surface area contributed by atoms with Crippen molar-refractivity contribution < 1.29 is 9.53 Å². The monoisotopic (exact) mass is 253 g/mol. The number of para-hydroxylation sites is 2. The molecule has 19 heavy (non-hydrogen) atoms. The first-order valence-corrected chi connectivity index (χ1v) is 5.73. The fourth-order valence-electron chi connectivity index (χ4n) is 1.97. The molecule has 1 heterocycles. The van der Waals surface area contributed by atoms with E-state index in [1.807, 2.05) is 24.3 Å². The Balaban J connectivity index is 2.33. The molecule has 2 aromatic carbocycles. The van der Waals surface area contributed by atoms with Crippen molar-refractivity contribution in [1.82, 2.24) is 9.97 Å². The van der Waals surface area contributed by atoms with Crippen LogP contribution in [0.2, 0.25) is 0 Å². The summed E-state index contributed by atoms with van der Waals surface area (Å²) in [5.74, 6) is -0.477. The van der Waals surface area contributed by atoms with Gasteiger partial charge >= 0.3 is 5.97 Å². The van der Waals surface area contributed by atoms with Gasteiger partial charge in [0.2, 0.25) is 0 Å². The van der Waals surface area contributed by atoms with Gasteiger partial charge in [0.1, 0.15) is 0 Å². The first kappa shape index (κ1) is 11.4. The van der Waals surface area contributed by atoms with Gasteiger partial charge in [0.05, 0.1) is 34.7 Å². The molecule has 5 nitrogen and oxygen atoms in total. The topological polar surface area (TPSA) is 78.1 Å². The Morgan fingerprint density at radius 3 is 2.21 bits per heavy atom. The van der Waals surface area contributed by atoms with E-state index in [-0.39, 0.29) is 0 Å². The molecule has 0 aliphatic heterocycles. The standard InChI is InChI=1S/C14H11N3O2/c1-19-14(18)8-6-12-13(7-9(8)15)17-11-5-3-2-4-10(11)16-12/h2-7H,15H2,1H3. The zero-order valence-corrected chi connectivity index (χ0v) is 10.3. The maximum absolute atomic E-state index is 11.6. The van der Waals surface area contributed by atoms with Crippen LogP contribution in [0.25, 0.3) is 22.1 Å². The molecule has 0 saturated carbocycles. The van der Waals surface area contributed by atoms with Crippen molar-refractivity contribution in [3.05, 3.63) is 42.0 Å². The van der Waals surface area contributed by atoms with Gasteiger partial charge in [-0.1, -0.05) is 12.1 Å². The number of fused-ring (bicyclic) bond motifs is 2. The van der Waals surface area contributed by atoms with Crippen molar-refractivity contribution in [2.24, 2.45) is 0 Å². The van der Waals surface area contributed by atoms with Gasteiger partial charge in [0.15, 0.2) is 0 Å². The summed E-state index contributed by atoms with van der Waals surface area (Å²) in [5.41, 5.74) is 9.32. The fourth-order valence-corrected chi connectivity index (χ4v) is 1.97. The van der Waals surface area contributed by atoms with E-state index in [0.29, 0.717) is 22.3 Å². The average molecular weight is 253 g/mol. The zero-order valence-electron chi connectivity index (χ0n) is 10.3. The number of hydrogen-bond acceptors (Lipinski definition) is 5. The van der Waals surface area contributed by atoms with Gasteiger partial charge < -0.3 is 10.5 Å². The molecular weight excluding hydrogens is 242 g/mol. The minimum Gasteiger partial charge on any atom is -0.465 e. The quantitative estimate of drug-likeness (QED) is 0.408. The summed E-state index contributed by atoms with van der Waals surface area (Å²) in [5, 5.41) is 0. The molecule has 94 valence electrons. The molecule has 3 aromatic rings. The molecule has 1 aromatic heterocycles. The molecule has 0 spiro atoms. The molecule has 0 saturated heterocycles. The fraction of sp³-hybridized carbons (Fsp3) is 0.0714. The van der Waals surface area contributed by atoms with Crippen LogP contribution < -0.4 is 5.73 Å². The second-order valence-electron chi connectivity index (χ2n) is 4.13.